The van der Waals surface area contributed by atoms with E-state index < -0.39 is 5.97 Å². The number of aromatic nitrogens is 1. The molecule has 28 heavy (non-hydrogen) atoms. The lowest BCUT2D eigenvalue weighted by atomic mass is 9.83. The van der Waals surface area contributed by atoms with Crippen molar-refractivity contribution in [2.45, 2.75) is 18.9 Å². The Morgan fingerprint density at radius 1 is 1.25 bits per heavy atom. The largest absolute Gasteiger partial charge is 0.465 e. The van der Waals surface area contributed by atoms with Crippen molar-refractivity contribution in [3.8, 4) is 0 Å². The summed E-state index contributed by atoms with van der Waals surface area (Å²) in [5.41, 5.74) is 2.12. The van der Waals surface area contributed by atoms with E-state index in [4.69, 9.17) is 28.6 Å². The molecule has 0 radical (unpaired) electrons. The zero-order valence-electron chi connectivity index (χ0n) is 15.4. The number of anilines is 1. The number of piperidine rings is 1. The van der Waals surface area contributed by atoms with Gasteiger partial charge in [0.1, 0.15) is 0 Å². The molecule has 146 valence electrons. The number of benzene rings is 1. The predicted molar refractivity (Wildman–Crippen MR) is 112 cm³/mol. The van der Waals surface area contributed by atoms with Crippen molar-refractivity contribution in [3.63, 3.8) is 0 Å². The molecule has 2 bridgehead atoms. The molecule has 2 aliphatic heterocycles. The molecule has 1 fully saturated rings. The van der Waals surface area contributed by atoms with Gasteiger partial charge in [-0.15, -0.1) is 0 Å². The van der Waals surface area contributed by atoms with Crippen molar-refractivity contribution in [2.24, 2.45) is 5.92 Å². The Balaban J connectivity index is 1.51. The second-order valence-electron chi connectivity index (χ2n) is 7.22. The molecular formula is C20H20ClN3O3S. The molecule has 0 aliphatic carbocycles. The summed E-state index contributed by atoms with van der Waals surface area (Å²) in [6, 6.07) is 10.5. The molecule has 6 nitrogen and oxygen atoms in total. The summed E-state index contributed by atoms with van der Waals surface area (Å²) < 4.78 is 6.66. The summed E-state index contributed by atoms with van der Waals surface area (Å²) in [6.45, 7) is 2.27. The molecular weight excluding hydrogens is 398 g/mol. The number of halogens is 1. The molecule has 8 heteroatoms. The van der Waals surface area contributed by atoms with Gasteiger partial charge in [-0.1, -0.05) is 17.7 Å². The van der Waals surface area contributed by atoms with Crippen molar-refractivity contribution >= 4 is 40.6 Å². The predicted octanol–water partition coefficient (Wildman–Crippen LogP) is 3.10. The van der Waals surface area contributed by atoms with Gasteiger partial charge in [-0.2, -0.15) is 0 Å². The third-order valence-corrected chi connectivity index (χ3v) is 6.08. The number of nitrogens with one attached hydrogen (secondary N) is 1. The number of pyridine rings is 1. The summed E-state index contributed by atoms with van der Waals surface area (Å²) in [6.07, 6.45) is 1.07. The van der Waals surface area contributed by atoms with Gasteiger partial charge in [0.25, 0.3) is 5.56 Å². The molecule has 4 rings (SSSR count). The second kappa shape index (κ2) is 7.56. The average Bonchev–Trinajstić information content (AvgIpc) is 2.69. The minimum Gasteiger partial charge on any atom is -0.465 e. The highest BCUT2D eigenvalue weighted by molar-refractivity contribution is 7.80. The van der Waals surface area contributed by atoms with E-state index in [9.17, 15) is 9.59 Å². The van der Waals surface area contributed by atoms with Gasteiger partial charge < -0.3 is 19.5 Å². The maximum absolute atomic E-state index is 12.2. The number of hydrogen-bond acceptors (Lipinski definition) is 4. The third-order valence-electron chi connectivity index (χ3n) is 5.39. The summed E-state index contributed by atoms with van der Waals surface area (Å²) in [5.74, 6) is 0.160. The Kier molecular flexibility index (Phi) is 5.12. The Morgan fingerprint density at radius 2 is 2.07 bits per heavy atom. The molecule has 1 aromatic carbocycles. The lowest BCUT2D eigenvalue weighted by Gasteiger charge is -2.43. The fourth-order valence-corrected chi connectivity index (χ4v) is 4.60. The van der Waals surface area contributed by atoms with Crippen LogP contribution in [0.5, 0.6) is 0 Å². The van der Waals surface area contributed by atoms with Crippen LogP contribution in [0.4, 0.5) is 5.69 Å². The summed E-state index contributed by atoms with van der Waals surface area (Å²) in [5, 5.41) is 4.13. The third kappa shape index (κ3) is 3.52. The monoisotopic (exact) mass is 417 g/mol. The van der Waals surface area contributed by atoms with Crippen LogP contribution in [0.15, 0.2) is 41.2 Å². The molecule has 0 saturated carbocycles. The van der Waals surface area contributed by atoms with Crippen LogP contribution in [-0.2, 0) is 11.3 Å². The molecule has 1 aromatic heterocycles. The lowest BCUT2D eigenvalue weighted by molar-refractivity contribution is 0.0601. The molecule has 1 N–H and O–H groups in total. The van der Waals surface area contributed by atoms with E-state index in [1.807, 2.05) is 16.7 Å². The zero-order chi connectivity index (χ0) is 19.8. The number of rotatable bonds is 2. The van der Waals surface area contributed by atoms with Gasteiger partial charge in [0.05, 0.1) is 17.7 Å². The molecule has 0 amide bonds. The first-order valence-electron chi connectivity index (χ1n) is 9.10. The smallest absolute Gasteiger partial charge is 0.339 e. The van der Waals surface area contributed by atoms with Crippen LogP contribution in [-0.4, -0.2) is 40.7 Å². The highest BCUT2D eigenvalue weighted by Crippen LogP contribution is 2.35. The molecule has 0 spiro atoms. The molecule has 2 aromatic rings. The van der Waals surface area contributed by atoms with E-state index in [2.05, 4.69) is 10.2 Å². The fourth-order valence-electron chi connectivity index (χ4n) is 4.13. The van der Waals surface area contributed by atoms with E-state index in [1.165, 1.54) is 7.11 Å². The summed E-state index contributed by atoms with van der Waals surface area (Å²) in [7, 11) is 1.32. The Labute approximate surface area is 173 Å². The Bertz CT molecular complexity index is 1010. The number of carbonyl (C=O) groups is 1. The number of likely N-dealkylation sites (tertiary alicyclic amines) is 1. The topological polar surface area (TPSA) is 63.6 Å². The lowest BCUT2D eigenvalue weighted by Crippen LogP contribution is -2.50. The second-order valence-corrected chi connectivity index (χ2v) is 8.01. The first-order valence-corrected chi connectivity index (χ1v) is 9.88. The van der Waals surface area contributed by atoms with Crippen molar-refractivity contribution in [1.29, 1.82) is 0 Å². The number of esters is 1. The first kappa shape index (κ1) is 19.0. The average molecular weight is 418 g/mol. The number of methoxy groups -OCH3 is 1. The van der Waals surface area contributed by atoms with Gasteiger partial charge >= 0.3 is 5.97 Å². The van der Waals surface area contributed by atoms with E-state index >= 15 is 0 Å². The Hall–Kier alpha value is -2.38. The molecule has 2 unspecified atom stereocenters. The summed E-state index contributed by atoms with van der Waals surface area (Å²) in [4.78, 5) is 26.1. The normalized spacial score (nSPS) is 20.3. The number of carbonyl (C=O) groups excluding carboxylic acids is 1. The number of nitrogens with zero attached hydrogens (tertiary/aromatic N) is 2. The van der Waals surface area contributed by atoms with E-state index in [-0.39, 0.29) is 11.5 Å². The van der Waals surface area contributed by atoms with Gasteiger partial charge in [0.2, 0.25) is 0 Å². The van der Waals surface area contributed by atoms with Crippen LogP contribution in [0.25, 0.3) is 0 Å². The van der Waals surface area contributed by atoms with E-state index in [1.54, 1.807) is 24.3 Å². The fraction of sp³-hybridized carbons (Fsp3) is 0.350. The number of thiocarbonyl (C=S) groups is 1. The van der Waals surface area contributed by atoms with Crippen LogP contribution in [0.2, 0.25) is 5.02 Å². The first-order chi connectivity index (χ1) is 13.5. The van der Waals surface area contributed by atoms with Crippen molar-refractivity contribution in [2.75, 3.05) is 25.5 Å². The van der Waals surface area contributed by atoms with Crippen LogP contribution >= 0.6 is 23.8 Å². The zero-order valence-corrected chi connectivity index (χ0v) is 16.9. The van der Waals surface area contributed by atoms with E-state index in [0.717, 1.165) is 31.7 Å². The molecule has 2 atom stereocenters. The number of ether oxygens (including phenoxy) is 1. The Morgan fingerprint density at radius 3 is 2.86 bits per heavy atom. The molecule has 1 saturated heterocycles. The minimum atomic E-state index is -0.492. The van der Waals surface area contributed by atoms with Crippen LogP contribution < -0.4 is 10.9 Å². The summed E-state index contributed by atoms with van der Waals surface area (Å²) >= 11 is 11.7. The highest BCUT2D eigenvalue weighted by Gasteiger charge is 2.35. The van der Waals surface area contributed by atoms with Crippen molar-refractivity contribution in [1.82, 2.24) is 9.47 Å². The maximum atomic E-state index is 12.2. The number of fused-ring (bicyclic) bond motifs is 4. The quantitative estimate of drug-likeness (QED) is 0.598. The molecule has 3 heterocycles. The van der Waals surface area contributed by atoms with Crippen LogP contribution in [0.3, 0.4) is 0 Å². The van der Waals surface area contributed by atoms with Gasteiger partial charge in [-0.3, -0.25) is 4.79 Å². The van der Waals surface area contributed by atoms with Gasteiger partial charge in [0.15, 0.2) is 5.11 Å². The molecule has 2 aliphatic rings. The standard InChI is InChI=1S/C20H20ClN3O3S/c1-27-19(26)15-8-14(5-6-16(15)21)22-20(28)23-9-12-7-13(11-23)17-3-2-4-18(25)24(17)10-12/h2-6,8,12-13H,7,9-11H2,1H3,(H,22,28). The van der Waals surface area contributed by atoms with Crippen molar-refractivity contribution < 1.29 is 9.53 Å². The van der Waals surface area contributed by atoms with Crippen molar-refractivity contribution in [3.05, 3.63) is 63.0 Å². The van der Waals surface area contributed by atoms with E-state index in [0.29, 0.717) is 27.3 Å². The van der Waals surface area contributed by atoms with Gasteiger partial charge in [0, 0.05) is 43.0 Å². The minimum absolute atomic E-state index is 0.0675. The maximum Gasteiger partial charge on any atom is 0.339 e. The van der Waals surface area contributed by atoms with Crippen LogP contribution in [0, 0.1) is 5.92 Å². The SMILES string of the molecule is COC(=O)c1cc(NC(=S)N2CC3CC(C2)c2cccc(=O)n2C3)ccc1Cl. The van der Waals surface area contributed by atoms with Crippen LogP contribution in [0.1, 0.15) is 28.4 Å². The van der Waals surface area contributed by atoms with Gasteiger partial charge in [-0.25, -0.2) is 4.79 Å². The highest BCUT2D eigenvalue weighted by atomic mass is 35.5. The van der Waals surface area contributed by atoms with Gasteiger partial charge in [-0.05, 0) is 48.8 Å². The number of hydrogen-bond donors (Lipinski definition) is 1.